The molecule has 1 heterocycles. The monoisotopic (exact) mass is 293 g/mol. The summed E-state index contributed by atoms with van der Waals surface area (Å²) in [4.78, 5) is 0. The maximum Gasteiger partial charge on any atom is 0.119 e. The Morgan fingerprint density at radius 2 is 1.91 bits per heavy atom. The average Bonchev–Trinajstić information content (AvgIpc) is 3.03. The molecule has 0 spiro atoms. The summed E-state index contributed by atoms with van der Waals surface area (Å²) in [6.07, 6.45) is 1.98. The summed E-state index contributed by atoms with van der Waals surface area (Å²) < 4.78 is 7.11. The van der Waals surface area contributed by atoms with E-state index in [0.29, 0.717) is 6.54 Å². The molecule has 4 nitrogen and oxygen atoms in total. The first-order valence-electron chi connectivity index (χ1n) is 7.25. The maximum absolute atomic E-state index is 5.22. The van der Waals surface area contributed by atoms with Gasteiger partial charge in [0, 0.05) is 11.9 Å². The molecule has 0 bridgehead atoms. The lowest BCUT2D eigenvalue weighted by atomic mass is 10.2. The van der Waals surface area contributed by atoms with E-state index < -0.39 is 0 Å². The van der Waals surface area contributed by atoms with Gasteiger partial charge >= 0.3 is 0 Å². The Bertz CT molecular complexity index is 750. The van der Waals surface area contributed by atoms with E-state index in [4.69, 9.17) is 4.74 Å². The normalized spacial score (nSPS) is 10.5. The highest BCUT2D eigenvalue weighted by Crippen LogP contribution is 2.21. The highest BCUT2D eigenvalue weighted by atomic mass is 16.5. The van der Waals surface area contributed by atoms with Crippen LogP contribution in [0.15, 0.2) is 60.8 Å². The second kappa shape index (κ2) is 6.35. The Balaban J connectivity index is 1.69. The lowest BCUT2D eigenvalue weighted by Gasteiger charge is -2.09. The quantitative estimate of drug-likeness (QED) is 0.777. The van der Waals surface area contributed by atoms with Crippen LogP contribution in [-0.4, -0.2) is 16.9 Å². The fraction of sp³-hybridized carbons (Fsp3) is 0.167. The molecule has 0 radical (unpaired) electrons. The number of benzene rings is 2. The first-order valence-corrected chi connectivity index (χ1v) is 7.25. The SMILES string of the molecule is COc1ccc(NCc2ccn(-c3ccccc3)n2)c(C)c1. The zero-order valence-corrected chi connectivity index (χ0v) is 12.8. The molecule has 4 heteroatoms. The van der Waals surface area contributed by atoms with Crippen molar-refractivity contribution in [2.45, 2.75) is 13.5 Å². The van der Waals surface area contributed by atoms with Gasteiger partial charge in [0.15, 0.2) is 0 Å². The molecule has 112 valence electrons. The summed E-state index contributed by atoms with van der Waals surface area (Å²) in [5, 5.41) is 8.00. The fourth-order valence-electron chi connectivity index (χ4n) is 2.33. The summed E-state index contributed by atoms with van der Waals surface area (Å²) in [6.45, 7) is 2.75. The standard InChI is InChI=1S/C18H19N3O/c1-14-12-17(22-2)8-9-18(14)19-13-15-10-11-21(20-15)16-6-4-3-5-7-16/h3-12,19H,13H2,1-2H3. The van der Waals surface area contributed by atoms with Gasteiger partial charge in [-0.15, -0.1) is 0 Å². The summed E-state index contributed by atoms with van der Waals surface area (Å²) in [5.41, 5.74) is 4.31. The van der Waals surface area contributed by atoms with Crippen molar-refractivity contribution in [1.29, 1.82) is 0 Å². The number of ether oxygens (including phenoxy) is 1. The summed E-state index contributed by atoms with van der Waals surface area (Å²) in [7, 11) is 1.68. The maximum atomic E-state index is 5.22. The van der Waals surface area contributed by atoms with Crippen molar-refractivity contribution in [1.82, 2.24) is 9.78 Å². The smallest absolute Gasteiger partial charge is 0.119 e. The number of hydrogen-bond donors (Lipinski definition) is 1. The highest BCUT2D eigenvalue weighted by Gasteiger charge is 2.03. The molecule has 3 aromatic rings. The number of hydrogen-bond acceptors (Lipinski definition) is 3. The van der Waals surface area contributed by atoms with E-state index in [0.717, 1.165) is 28.4 Å². The van der Waals surface area contributed by atoms with Crippen LogP contribution >= 0.6 is 0 Å². The Morgan fingerprint density at radius 3 is 2.64 bits per heavy atom. The lowest BCUT2D eigenvalue weighted by molar-refractivity contribution is 0.414. The molecule has 0 saturated heterocycles. The van der Waals surface area contributed by atoms with Gasteiger partial charge in [-0.1, -0.05) is 18.2 Å². The Kier molecular flexibility index (Phi) is 4.10. The topological polar surface area (TPSA) is 39.1 Å². The largest absolute Gasteiger partial charge is 0.497 e. The van der Waals surface area contributed by atoms with Gasteiger partial charge in [0.05, 0.1) is 25.0 Å². The minimum Gasteiger partial charge on any atom is -0.497 e. The number of nitrogens with one attached hydrogen (secondary N) is 1. The number of nitrogens with zero attached hydrogens (tertiary/aromatic N) is 2. The van der Waals surface area contributed by atoms with Crippen molar-refractivity contribution < 1.29 is 4.74 Å². The van der Waals surface area contributed by atoms with Gasteiger partial charge in [0.1, 0.15) is 5.75 Å². The first kappa shape index (κ1) is 14.2. The first-order chi connectivity index (χ1) is 10.8. The molecule has 0 fully saturated rings. The summed E-state index contributed by atoms with van der Waals surface area (Å²) in [5.74, 6) is 0.872. The molecule has 0 amide bonds. The minimum absolute atomic E-state index is 0.688. The number of aromatic nitrogens is 2. The Labute approximate surface area is 130 Å². The zero-order valence-electron chi connectivity index (χ0n) is 12.8. The Hall–Kier alpha value is -2.75. The molecule has 0 aliphatic heterocycles. The number of para-hydroxylation sites is 1. The van der Waals surface area contributed by atoms with Gasteiger partial charge in [-0.25, -0.2) is 4.68 Å². The molecule has 1 aromatic heterocycles. The van der Waals surface area contributed by atoms with Gasteiger partial charge in [0.25, 0.3) is 0 Å². The fourth-order valence-corrected chi connectivity index (χ4v) is 2.33. The molecular weight excluding hydrogens is 274 g/mol. The van der Waals surface area contributed by atoms with E-state index in [-0.39, 0.29) is 0 Å². The predicted molar refractivity (Wildman–Crippen MR) is 88.6 cm³/mol. The molecule has 2 aromatic carbocycles. The van der Waals surface area contributed by atoms with E-state index in [2.05, 4.69) is 17.3 Å². The molecular formula is C18H19N3O. The van der Waals surface area contributed by atoms with Gasteiger partial charge in [-0.2, -0.15) is 5.10 Å². The number of methoxy groups -OCH3 is 1. The molecule has 22 heavy (non-hydrogen) atoms. The van der Waals surface area contributed by atoms with Crippen molar-refractivity contribution in [3.05, 3.63) is 72.1 Å². The molecule has 0 aliphatic rings. The van der Waals surface area contributed by atoms with Crippen LogP contribution < -0.4 is 10.1 Å². The van der Waals surface area contributed by atoms with Crippen LogP contribution in [0.25, 0.3) is 5.69 Å². The molecule has 0 saturated carbocycles. The lowest BCUT2D eigenvalue weighted by Crippen LogP contribution is -2.03. The third-order valence-electron chi connectivity index (χ3n) is 3.56. The second-order valence-electron chi connectivity index (χ2n) is 5.12. The zero-order chi connectivity index (χ0) is 15.4. The number of aryl methyl sites for hydroxylation is 1. The van der Waals surface area contributed by atoms with Crippen molar-refractivity contribution in [3.63, 3.8) is 0 Å². The second-order valence-corrected chi connectivity index (χ2v) is 5.12. The third-order valence-corrected chi connectivity index (χ3v) is 3.56. The van der Waals surface area contributed by atoms with E-state index in [1.54, 1.807) is 7.11 Å². The number of rotatable bonds is 5. The van der Waals surface area contributed by atoms with E-state index in [1.807, 2.05) is 65.5 Å². The van der Waals surface area contributed by atoms with Crippen LogP contribution in [0.2, 0.25) is 0 Å². The number of anilines is 1. The predicted octanol–water partition coefficient (Wildman–Crippen LogP) is 3.80. The molecule has 3 rings (SSSR count). The molecule has 1 N–H and O–H groups in total. The summed E-state index contributed by atoms with van der Waals surface area (Å²) in [6, 6.07) is 18.1. The minimum atomic E-state index is 0.688. The van der Waals surface area contributed by atoms with E-state index >= 15 is 0 Å². The van der Waals surface area contributed by atoms with Gasteiger partial charge in [0.2, 0.25) is 0 Å². The van der Waals surface area contributed by atoms with E-state index in [1.165, 1.54) is 0 Å². The van der Waals surface area contributed by atoms with Crippen molar-refractivity contribution >= 4 is 5.69 Å². The van der Waals surface area contributed by atoms with Crippen LogP contribution in [0.1, 0.15) is 11.3 Å². The van der Waals surface area contributed by atoms with Crippen LogP contribution in [-0.2, 0) is 6.54 Å². The third kappa shape index (κ3) is 3.11. The molecule has 0 aliphatic carbocycles. The van der Waals surface area contributed by atoms with Gasteiger partial charge in [-0.3, -0.25) is 0 Å². The summed E-state index contributed by atoms with van der Waals surface area (Å²) >= 11 is 0. The van der Waals surface area contributed by atoms with Gasteiger partial charge < -0.3 is 10.1 Å². The van der Waals surface area contributed by atoms with Crippen LogP contribution in [0.3, 0.4) is 0 Å². The van der Waals surface area contributed by atoms with Crippen molar-refractivity contribution in [2.24, 2.45) is 0 Å². The Morgan fingerprint density at radius 1 is 1.09 bits per heavy atom. The van der Waals surface area contributed by atoms with Crippen LogP contribution in [0.5, 0.6) is 5.75 Å². The van der Waals surface area contributed by atoms with Crippen molar-refractivity contribution in [3.8, 4) is 11.4 Å². The van der Waals surface area contributed by atoms with Crippen molar-refractivity contribution in [2.75, 3.05) is 12.4 Å². The van der Waals surface area contributed by atoms with E-state index in [9.17, 15) is 0 Å². The molecule has 0 atom stereocenters. The van der Waals surface area contributed by atoms with Crippen LogP contribution in [0, 0.1) is 6.92 Å². The van der Waals surface area contributed by atoms with Gasteiger partial charge in [-0.05, 0) is 48.9 Å². The molecule has 0 unspecified atom stereocenters. The van der Waals surface area contributed by atoms with Crippen LogP contribution in [0.4, 0.5) is 5.69 Å². The highest BCUT2D eigenvalue weighted by molar-refractivity contribution is 5.53. The average molecular weight is 293 g/mol.